The summed E-state index contributed by atoms with van der Waals surface area (Å²) in [4.78, 5) is 31.0. The van der Waals surface area contributed by atoms with Crippen LogP contribution in [0, 0.1) is 6.92 Å². The van der Waals surface area contributed by atoms with Gasteiger partial charge in [0.15, 0.2) is 6.04 Å². The summed E-state index contributed by atoms with van der Waals surface area (Å²) >= 11 is 0. The van der Waals surface area contributed by atoms with Crippen LogP contribution < -0.4 is 0 Å². The molecular formula is C18H23N3O6S. The predicted molar refractivity (Wildman–Crippen MR) is 100 cm³/mol. The molecule has 1 aromatic carbocycles. The normalized spacial score (nSPS) is 13.0. The van der Waals surface area contributed by atoms with Gasteiger partial charge in [-0.15, -0.1) is 0 Å². The SMILES string of the molecule is Cc1ccc(S(=O)(=O)N(C(=O)OC(C)(C)C)[C@H](Cc2cnc[nH]2)C(=O)O)cc1. The minimum Gasteiger partial charge on any atom is -0.480 e. The van der Waals surface area contributed by atoms with Crippen molar-refractivity contribution < 1.29 is 27.9 Å². The first-order chi connectivity index (χ1) is 12.9. The molecule has 2 N–H and O–H groups in total. The Balaban J connectivity index is 2.55. The topological polar surface area (TPSA) is 130 Å². The number of carbonyl (C=O) groups excluding carboxylic acids is 1. The number of aliphatic carboxylic acids is 1. The van der Waals surface area contributed by atoms with E-state index in [4.69, 9.17) is 4.74 Å². The number of aromatic amines is 1. The largest absolute Gasteiger partial charge is 0.480 e. The first kappa shape index (κ1) is 21.4. The number of carboxylic acid groups (broad SMARTS) is 1. The van der Waals surface area contributed by atoms with E-state index in [1.54, 1.807) is 39.8 Å². The van der Waals surface area contributed by atoms with Crippen LogP contribution >= 0.6 is 0 Å². The summed E-state index contributed by atoms with van der Waals surface area (Å²) in [6.07, 6.45) is 1.14. The number of aryl methyl sites for hydroxylation is 1. The molecule has 2 aromatic rings. The molecule has 9 nitrogen and oxygen atoms in total. The molecule has 2 rings (SSSR count). The zero-order valence-corrected chi connectivity index (χ0v) is 16.9. The number of aromatic nitrogens is 2. The number of nitrogens with one attached hydrogen (secondary N) is 1. The van der Waals surface area contributed by atoms with Crippen molar-refractivity contribution in [1.82, 2.24) is 14.3 Å². The third kappa shape index (κ3) is 5.10. The average Bonchev–Trinajstić information content (AvgIpc) is 3.05. The van der Waals surface area contributed by atoms with Gasteiger partial charge in [0.25, 0.3) is 10.0 Å². The highest BCUT2D eigenvalue weighted by atomic mass is 32.2. The van der Waals surface area contributed by atoms with E-state index in [2.05, 4.69) is 9.97 Å². The lowest BCUT2D eigenvalue weighted by atomic mass is 10.1. The number of hydrogen-bond acceptors (Lipinski definition) is 6. The molecule has 0 radical (unpaired) electrons. The van der Waals surface area contributed by atoms with Crippen LogP contribution in [-0.4, -0.2) is 51.5 Å². The molecule has 28 heavy (non-hydrogen) atoms. The van der Waals surface area contributed by atoms with Crippen LogP contribution in [0.1, 0.15) is 32.0 Å². The predicted octanol–water partition coefficient (Wildman–Crippen LogP) is 2.34. The Labute approximate surface area is 163 Å². The molecule has 0 bridgehead atoms. The Bertz CT molecular complexity index is 931. The summed E-state index contributed by atoms with van der Waals surface area (Å²) in [7, 11) is -4.49. The molecule has 152 valence electrons. The number of rotatable bonds is 6. The van der Waals surface area contributed by atoms with Gasteiger partial charge in [0, 0.05) is 18.3 Å². The number of amides is 1. The number of hydrogen-bond donors (Lipinski definition) is 2. The molecule has 0 spiro atoms. The van der Waals surface area contributed by atoms with E-state index in [0.29, 0.717) is 5.69 Å². The maximum Gasteiger partial charge on any atom is 0.425 e. The third-order valence-electron chi connectivity index (χ3n) is 3.69. The zero-order chi connectivity index (χ0) is 21.1. The fourth-order valence-electron chi connectivity index (χ4n) is 2.40. The van der Waals surface area contributed by atoms with Crippen LogP contribution in [0.2, 0.25) is 0 Å². The van der Waals surface area contributed by atoms with E-state index in [0.717, 1.165) is 5.56 Å². The second kappa shape index (κ2) is 8.01. The summed E-state index contributed by atoms with van der Waals surface area (Å²) in [6, 6.07) is 4.03. The van der Waals surface area contributed by atoms with Crippen molar-refractivity contribution in [2.24, 2.45) is 0 Å². The van der Waals surface area contributed by atoms with Gasteiger partial charge in [-0.1, -0.05) is 17.7 Å². The molecule has 0 unspecified atom stereocenters. The Hall–Kier alpha value is -2.88. The van der Waals surface area contributed by atoms with Gasteiger partial charge < -0.3 is 14.8 Å². The van der Waals surface area contributed by atoms with Crippen molar-refractivity contribution in [2.45, 2.75) is 50.7 Å². The van der Waals surface area contributed by atoms with Gasteiger partial charge in [0.1, 0.15) is 5.60 Å². The second-order valence-corrected chi connectivity index (χ2v) is 9.04. The van der Waals surface area contributed by atoms with Crippen molar-refractivity contribution in [3.63, 3.8) is 0 Å². The zero-order valence-electron chi connectivity index (χ0n) is 16.0. The number of H-pyrrole nitrogens is 1. The lowest BCUT2D eigenvalue weighted by molar-refractivity contribution is -0.141. The Morgan fingerprint density at radius 1 is 1.25 bits per heavy atom. The van der Waals surface area contributed by atoms with Crippen LogP contribution in [0.25, 0.3) is 0 Å². The Morgan fingerprint density at radius 2 is 1.86 bits per heavy atom. The quantitative estimate of drug-likeness (QED) is 0.749. The molecular weight excluding hydrogens is 386 g/mol. The van der Waals surface area contributed by atoms with Crippen LogP contribution in [0.4, 0.5) is 4.79 Å². The van der Waals surface area contributed by atoms with Gasteiger partial charge >= 0.3 is 12.1 Å². The van der Waals surface area contributed by atoms with Crippen molar-refractivity contribution in [3.05, 3.63) is 48.0 Å². The van der Waals surface area contributed by atoms with Crippen molar-refractivity contribution in [2.75, 3.05) is 0 Å². The maximum atomic E-state index is 13.2. The van der Waals surface area contributed by atoms with Crippen LogP contribution in [0.3, 0.4) is 0 Å². The molecule has 0 fully saturated rings. The number of benzene rings is 1. The van der Waals surface area contributed by atoms with Crippen LogP contribution in [0.5, 0.6) is 0 Å². The summed E-state index contributed by atoms with van der Waals surface area (Å²) in [5, 5.41) is 9.70. The van der Waals surface area contributed by atoms with Gasteiger partial charge in [0.2, 0.25) is 0 Å². The molecule has 1 atom stereocenters. The van der Waals surface area contributed by atoms with Crippen LogP contribution in [0.15, 0.2) is 41.7 Å². The average molecular weight is 409 g/mol. The van der Waals surface area contributed by atoms with Gasteiger partial charge in [-0.05, 0) is 39.8 Å². The molecule has 10 heteroatoms. The van der Waals surface area contributed by atoms with Crippen molar-refractivity contribution in [1.29, 1.82) is 0 Å². The first-order valence-electron chi connectivity index (χ1n) is 8.46. The lowest BCUT2D eigenvalue weighted by Crippen LogP contribution is -2.51. The summed E-state index contributed by atoms with van der Waals surface area (Å²) in [5.41, 5.74) is 0.157. The second-order valence-electron chi connectivity index (χ2n) is 7.23. The molecule has 0 saturated carbocycles. The van der Waals surface area contributed by atoms with Crippen molar-refractivity contribution >= 4 is 22.1 Å². The van der Waals surface area contributed by atoms with Crippen molar-refractivity contribution in [3.8, 4) is 0 Å². The smallest absolute Gasteiger partial charge is 0.425 e. The number of nitrogens with zero attached hydrogens (tertiary/aromatic N) is 2. The molecule has 0 aliphatic heterocycles. The third-order valence-corrected chi connectivity index (χ3v) is 5.48. The maximum absolute atomic E-state index is 13.2. The van der Waals surface area contributed by atoms with E-state index < -0.39 is 33.7 Å². The fraction of sp³-hybridized carbons (Fsp3) is 0.389. The van der Waals surface area contributed by atoms with E-state index in [1.165, 1.54) is 24.7 Å². The standard InChI is InChI=1S/C18H23N3O6S/c1-12-5-7-14(8-6-12)28(25,26)21(17(24)27-18(2,3)4)15(16(22)23)9-13-10-19-11-20-13/h5-8,10-11,15H,9H2,1-4H3,(H,19,20)(H,22,23)/t15-/m1/s1. The van der Waals surface area contributed by atoms with Gasteiger partial charge in [-0.3, -0.25) is 0 Å². The van der Waals surface area contributed by atoms with Gasteiger partial charge in [-0.2, -0.15) is 4.31 Å². The van der Waals surface area contributed by atoms with Crippen LogP contribution in [-0.2, 0) is 26.0 Å². The lowest BCUT2D eigenvalue weighted by Gasteiger charge is -2.30. The van der Waals surface area contributed by atoms with E-state index in [9.17, 15) is 23.1 Å². The molecule has 1 heterocycles. The highest BCUT2D eigenvalue weighted by Gasteiger charge is 2.42. The number of carbonyl (C=O) groups is 2. The van der Waals surface area contributed by atoms with E-state index in [1.807, 2.05) is 0 Å². The first-order valence-corrected chi connectivity index (χ1v) is 9.90. The molecule has 1 amide bonds. The minimum atomic E-state index is -4.49. The van der Waals surface area contributed by atoms with Gasteiger partial charge in [-0.25, -0.2) is 23.0 Å². The number of carboxylic acids is 1. The minimum absolute atomic E-state index is 0.209. The van der Waals surface area contributed by atoms with E-state index >= 15 is 0 Å². The number of imidazole rings is 1. The fourth-order valence-corrected chi connectivity index (χ4v) is 3.84. The molecule has 1 aromatic heterocycles. The Kier molecular flexibility index (Phi) is 6.13. The summed E-state index contributed by atoms with van der Waals surface area (Å²) in [6.45, 7) is 6.46. The molecule has 0 aliphatic rings. The highest BCUT2D eigenvalue weighted by molar-refractivity contribution is 7.89. The monoisotopic (exact) mass is 409 g/mol. The Morgan fingerprint density at radius 3 is 2.32 bits per heavy atom. The summed E-state index contributed by atoms with van der Waals surface area (Å²) < 4.78 is 31.8. The molecule has 0 saturated heterocycles. The summed E-state index contributed by atoms with van der Waals surface area (Å²) in [5.74, 6) is -1.49. The molecule has 0 aliphatic carbocycles. The highest BCUT2D eigenvalue weighted by Crippen LogP contribution is 2.24. The van der Waals surface area contributed by atoms with E-state index in [-0.39, 0.29) is 15.6 Å². The number of sulfonamides is 1. The van der Waals surface area contributed by atoms with Gasteiger partial charge in [0.05, 0.1) is 11.2 Å². The number of ether oxygens (including phenoxy) is 1.